The van der Waals surface area contributed by atoms with Crippen molar-refractivity contribution in [2.45, 2.75) is 12.8 Å². The summed E-state index contributed by atoms with van der Waals surface area (Å²) in [4.78, 5) is 21.0. The van der Waals surface area contributed by atoms with Crippen molar-refractivity contribution in [3.63, 3.8) is 0 Å². The van der Waals surface area contributed by atoms with Crippen LogP contribution in [0.3, 0.4) is 0 Å². The summed E-state index contributed by atoms with van der Waals surface area (Å²) in [5.41, 5.74) is 0.00917. The second kappa shape index (κ2) is 3.87. The molecule has 0 aliphatic heterocycles. The SMILES string of the molecule is CC(C(=O)O)c1cccc(O)c1N=O. The largest absolute Gasteiger partial charge is 0.506 e. The van der Waals surface area contributed by atoms with Crippen molar-refractivity contribution >= 4 is 11.7 Å². The van der Waals surface area contributed by atoms with E-state index >= 15 is 0 Å². The molecule has 0 bridgehead atoms. The Morgan fingerprint density at radius 3 is 2.64 bits per heavy atom. The van der Waals surface area contributed by atoms with E-state index in [1.165, 1.54) is 25.1 Å². The van der Waals surface area contributed by atoms with E-state index in [2.05, 4.69) is 5.18 Å². The summed E-state index contributed by atoms with van der Waals surface area (Å²) in [6.07, 6.45) is 0. The molecule has 5 nitrogen and oxygen atoms in total. The lowest BCUT2D eigenvalue weighted by atomic mass is 9.99. The topological polar surface area (TPSA) is 87.0 Å². The molecule has 0 radical (unpaired) electrons. The van der Waals surface area contributed by atoms with Crippen LogP contribution in [0.15, 0.2) is 23.4 Å². The van der Waals surface area contributed by atoms with Gasteiger partial charge in [0.05, 0.1) is 5.92 Å². The number of nitroso groups, excluding NO2 is 1. The number of nitrogens with zero attached hydrogens (tertiary/aromatic N) is 1. The highest BCUT2D eigenvalue weighted by molar-refractivity contribution is 5.79. The molecule has 1 aromatic carbocycles. The molecule has 1 rings (SSSR count). The minimum Gasteiger partial charge on any atom is -0.506 e. The number of carbonyl (C=O) groups is 1. The Morgan fingerprint density at radius 2 is 2.14 bits per heavy atom. The van der Waals surface area contributed by atoms with Crippen LogP contribution < -0.4 is 0 Å². The Bertz CT molecular complexity index is 375. The molecule has 1 unspecified atom stereocenters. The van der Waals surface area contributed by atoms with Crippen molar-refractivity contribution in [1.82, 2.24) is 0 Å². The Hall–Kier alpha value is -1.91. The van der Waals surface area contributed by atoms with Gasteiger partial charge in [-0.15, -0.1) is 4.91 Å². The molecular formula is C9H9NO4. The molecule has 0 heterocycles. The Kier molecular flexibility index (Phi) is 2.81. The lowest BCUT2D eigenvalue weighted by Gasteiger charge is -2.08. The Morgan fingerprint density at radius 1 is 1.50 bits per heavy atom. The van der Waals surface area contributed by atoms with Crippen LogP contribution in [0.2, 0.25) is 0 Å². The highest BCUT2D eigenvalue weighted by Crippen LogP contribution is 2.34. The van der Waals surface area contributed by atoms with Gasteiger partial charge in [0, 0.05) is 0 Å². The van der Waals surface area contributed by atoms with E-state index < -0.39 is 11.9 Å². The van der Waals surface area contributed by atoms with Gasteiger partial charge in [0.15, 0.2) is 5.69 Å². The minimum atomic E-state index is -1.07. The van der Waals surface area contributed by atoms with E-state index in [1.807, 2.05) is 0 Å². The first-order valence-corrected chi connectivity index (χ1v) is 3.96. The molecule has 0 fully saturated rings. The lowest BCUT2D eigenvalue weighted by Crippen LogP contribution is -2.07. The third-order valence-corrected chi connectivity index (χ3v) is 1.97. The van der Waals surface area contributed by atoms with Gasteiger partial charge in [-0.2, -0.15) is 0 Å². The smallest absolute Gasteiger partial charge is 0.310 e. The molecule has 0 aliphatic carbocycles. The maximum absolute atomic E-state index is 10.7. The summed E-state index contributed by atoms with van der Waals surface area (Å²) in [5.74, 6) is -2.24. The number of hydrogen-bond acceptors (Lipinski definition) is 4. The van der Waals surface area contributed by atoms with Gasteiger partial charge in [0.1, 0.15) is 5.75 Å². The maximum atomic E-state index is 10.7. The van der Waals surface area contributed by atoms with Crippen molar-refractivity contribution in [3.05, 3.63) is 28.7 Å². The summed E-state index contributed by atoms with van der Waals surface area (Å²) in [6.45, 7) is 1.42. The van der Waals surface area contributed by atoms with Crippen molar-refractivity contribution in [3.8, 4) is 5.75 Å². The van der Waals surface area contributed by atoms with Crippen molar-refractivity contribution in [2.24, 2.45) is 5.18 Å². The van der Waals surface area contributed by atoms with E-state index in [-0.39, 0.29) is 17.0 Å². The number of carboxylic acids is 1. The van der Waals surface area contributed by atoms with Crippen molar-refractivity contribution < 1.29 is 15.0 Å². The first kappa shape index (κ1) is 10.2. The summed E-state index contributed by atoms with van der Waals surface area (Å²) in [6, 6.07) is 4.21. The summed E-state index contributed by atoms with van der Waals surface area (Å²) >= 11 is 0. The second-order valence-electron chi connectivity index (χ2n) is 2.87. The van der Waals surface area contributed by atoms with E-state index in [9.17, 15) is 14.8 Å². The average Bonchev–Trinajstić information content (AvgIpc) is 2.16. The van der Waals surface area contributed by atoms with Crippen LogP contribution >= 0.6 is 0 Å². The van der Waals surface area contributed by atoms with Gasteiger partial charge in [0.2, 0.25) is 0 Å². The average molecular weight is 195 g/mol. The molecule has 0 amide bonds. The predicted octanol–water partition coefficient (Wildman–Crippen LogP) is 1.98. The zero-order valence-electron chi connectivity index (χ0n) is 7.47. The third-order valence-electron chi connectivity index (χ3n) is 1.97. The van der Waals surface area contributed by atoms with Crippen LogP contribution in [0.1, 0.15) is 18.4 Å². The van der Waals surface area contributed by atoms with E-state index in [0.29, 0.717) is 0 Å². The number of phenols is 1. The molecule has 74 valence electrons. The van der Waals surface area contributed by atoms with Crippen LogP contribution in [0.25, 0.3) is 0 Å². The number of aliphatic carboxylic acids is 1. The number of phenolic OH excluding ortho intramolecular Hbond substituents is 1. The Balaban J connectivity index is 3.26. The summed E-state index contributed by atoms with van der Waals surface area (Å²) in [7, 11) is 0. The van der Waals surface area contributed by atoms with Crippen LogP contribution in [0, 0.1) is 4.91 Å². The number of carboxylic acid groups (broad SMARTS) is 1. The zero-order valence-corrected chi connectivity index (χ0v) is 7.47. The molecule has 0 aliphatic rings. The monoisotopic (exact) mass is 195 g/mol. The van der Waals surface area contributed by atoms with Crippen LogP contribution in [-0.4, -0.2) is 16.2 Å². The van der Waals surface area contributed by atoms with Gasteiger partial charge in [-0.1, -0.05) is 12.1 Å². The van der Waals surface area contributed by atoms with E-state index in [0.717, 1.165) is 0 Å². The maximum Gasteiger partial charge on any atom is 0.310 e. The first-order valence-electron chi connectivity index (χ1n) is 3.96. The molecule has 0 saturated carbocycles. The molecular weight excluding hydrogens is 186 g/mol. The molecule has 2 N–H and O–H groups in total. The van der Waals surface area contributed by atoms with Gasteiger partial charge in [-0.05, 0) is 23.7 Å². The van der Waals surface area contributed by atoms with Crippen molar-refractivity contribution in [2.75, 3.05) is 0 Å². The zero-order chi connectivity index (χ0) is 10.7. The minimum absolute atomic E-state index is 0.206. The van der Waals surface area contributed by atoms with E-state index in [4.69, 9.17) is 5.11 Å². The molecule has 5 heteroatoms. The van der Waals surface area contributed by atoms with Crippen LogP contribution in [0.5, 0.6) is 5.75 Å². The van der Waals surface area contributed by atoms with Gasteiger partial charge < -0.3 is 10.2 Å². The fraction of sp³-hybridized carbons (Fsp3) is 0.222. The fourth-order valence-corrected chi connectivity index (χ4v) is 1.13. The summed E-state index contributed by atoms with van der Waals surface area (Å²) < 4.78 is 0. The van der Waals surface area contributed by atoms with Gasteiger partial charge in [-0.25, -0.2) is 0 Å². The number of aromatic hydroxyl groups is 1. The molecule has 1 aromatic rings. The van der Waals surface area contributed by atoms with Gasteiger partial charge >= 0.3 is 5.97 Å². The predicted molar refractivity (Wildman–Crippen MR) is 49.6 cm³/mol. The number of rotatable bonds is 3. The molecule has 1 atom stereocenters. The normalized spacial score (nSPS) is 12.1. The second-order valence-corrected chi connectivity index (χ2v) is 2.87. The Labute approximate surface area is 80.0 Å². The highest BCUT2D eigenvalue weighted by Gasteiger charge is 2.19. The van der Waals surface area contributed by atoms with Crippen LogP contribution in [-0.2, 0) is 4.79 Å². The standard InChI is InChI=1S/C9H9NO4/c1-5(9(12)13)6-3-2-4-7(11)8(6)10-14/h2-5,11H,1H3,(H,12,13). The fourth-order valence-electron chi connectivity index (χ4n) is 1.13. The lowest BCUT2D eigenvalue weighted by molar-refractivity contribution is -0.138. The van der Waals surface area contributed by atoms with Crippen molar-refractivity contribution in [1.29, 1.82) is 0 Å². The highest BCUT2D eigenvalue weighted by atomic mass is 16.4. The molecule has 0 saturated heterocycles. The quantitative estimate of drug-likeness (QED) is 0.722. The molecule has 14 heavy (non-hydrogen) atoms. The first-order chi connectivity index (χ1) is 6.57. The molecule has 0 spiro atoms. The van der Waals surface area contributed by atoms with Gasteiger partial charge in [0.25, 0.3) is 0 Å². The van der Waals surface area contributed by atoms with Gasteiger partial charge in [-0.3, -0.25) is 4.79 Å². The van der Waals surface area contributed by atoms with E-state index in [1.54, 1.807) is 0 Å². The third kappa shape index (κ3) is 1.71. The van der Waals surface area contributed by atoms with Crippen LogP contribution in [0.4, 0.5) is 5.69 Å². The number of benzene rings is 1. The number of hydrogen-bond donors (Lipinski definition) is 2. The molecule has 0 aromatic heterocycles. The summed E-state index contributed by atoms with van der Waals surface area (Å²) in [5, 5.41) is 20.6.